The lowest BCUT2D eigenvalue weighted by Gasteiger charge is -2.21. The summed E-state index contributed by atoms with van der Waals surface area (Å²) in [5.41, 5.74) is 1.04. The van der Waals surface area contributed by atoms with E-state index >= 15 is 0 Å². The number of nitrogens with one attached hydrogen (secondary N) is 1. The Morgan fingerprint density at radius 1 is 1.23 bits per heavy atom. The molecule has 0 spiro atoms. The molecule has 1 aromatic carbocycles. The van der Waals surface area contributed by atoms with Crippen molar-refractivity contribution in [1.82, 2.24) is 10.2 Å². The summed E-state index contributed by atoms with van der Waals surface area (Å²) in [5, 5.41) is 2.93. The molecule has 0 unspecified atom stereocenters. The molecule has 0 saturated carbocycles. The van der Waals surface area contributed by atoms with E-state index in [0.29, 0.717) is 17.4 Å². The normalized spacial score (nSPS) is 11.6. The van der Waals surface area contributed by atoms with E-state index in [1.54, 1.807) is 11.0 Å². The van der Waals surface area contributed by atoms with Gasteiger partial charge in [0.1, 0.15) is 0 Å². The molecule has 26 heavy (non-hydrogen) atoms. The maximum Gasteiger partial charge on any atom is 0.223 e. The van der Waals surface area contributed by atoms with Gasteiger partial charge in [-0.15, -0.1) is 17.9 Å². The number of amides is 2. The van der Waals surface area contributed by atoms with E-state index in [-0.39, 0.29) is 30.7 Å². The largest absolute Gasteiger partial charge is 0.350 e. The molecular formula is C20H23ClN2O2S. The molecule has 0 radical (unpaired) electrons. The molecule has 0 aliphatic rings. The second-order valence-corrected chi connectivity index (χ2v) is 7.77. The quantitative estimate of drug-likeness (QED) is 0.637. The minimum absolute atomic E-state index is 0.0723. The van der Waals surface area contributed by atoms with Crippen LogP contribution < -0.4 is 5.32 Å². The highest BCUT2D eigenvalue weighted by molar-refractivity contribution is 7.16. The molecule has 0 bridgehead atoms. The summed E-state index contributed by atoms with van der Waals surface area (Å²) in [7, 11) is 0. The molecule has 2 amide bonds. The monoisotopic (exact) mass is 390 g/mol. The number of nitrogens with zero attached hydrogens (tertiary/aromatic N) is 1. The van der Waals surface area contributed by atoms with Crippen molar-refractivity contribution in [3.05, 3.63) is 69.9 Å². The Hall–Kier alpha value is -2.11. The van der Waals surface area contributed by atoms with Gasteiger partial charge in [-0.3, -0.25) is 9.59 Å². The number of carbonyl (C=O) groups excluding carboxylic acids is 2. The minimum Gasteiger partial charge on any atom is -0.350 e. The summed E-state index contributed by atoms with van der Waals surface area (Å²) in [6, 6.07) is 13.4. The van der Waals surface area contributed by atoms with Crippen molar-refractivity contribution < 1.29 is 9.59 Å². The average Bonchev–Trinajstić information content (AvgIpc) is 3.05. The van der Waals surface area contributed by atoms with E-state index in [9.17, 15) is 9.59 Å². The van der Waals surface area contributed by atoms with Gasteiger partial charge >= 0.3 is 0 Å². The number of hydrogen-bond acceptors (Lipinski definition) is 3. The first-order valence-electron chi connectivity index (χ1n) is 8.46. The highest BCUT2D eigenvalue weighted by Crippen LogP contribution is 2.23. The Morgan fingerprint density at radius 2 is 1.96 bits per heavy atom. The molecule has 0 aliphatic heterocycles. The Kier molecular flexibility index (Phi) is 7.88. The molecule has 0 saturated heterocycles. The predicted octanol–water partition coefficient (Wildman–Crippen LogP) is 4.57. The van der Waals surface area contributed by atoms with Crippen molar-refractivity contribution >= 4 is 34.8 Å². The summed E-state index contributed by atoms with van der Waals surface area (Å²) < 4.78 is 0.695. The molecule has 0 aliphatic carbocycles. The summed E-state index contributed by atoms with van der Waals surface area (Å²) in [4.78, 5) is 27.3. The van der Waals surface area contributed by atoms with Crippen LogP contribution in [-0.4, -0.2) is 23.3 Å². The Morgan fingerprint density at radius 3 is 2.58 bits per heavy atom. The zero-order valence-electron chi connectivity index (χ0n) is 14.8. The van der Waals surface area contributed by atoms with Crippen LogP contribution in [0.5, 0.6) is 0 Å². The van der Waals surface area contributed by atoms with Gasteiger partial charge in [0, 0.05) is 24.3 Å². The van der Waals surface area contributed by atoms with Gasteiger partial charge in [0.2, 0.25) is 11.8 Å². The van der Waals surface area contributed by atoms with Gasteiger partial charge in [-0.25, -0.2) is 0 Å². The number of benzene rings is 1. The van der Waals surface area contributed by atoms with Crippen molar-refractivity contribution in [2.75, 3.05) is 6.54 Å². The van der Waals surface area contributed by atoms with Gasteiger partial charge in [-0.2, -0.15) is 0 Å². The van der Waals surface area contributed by atoms with Gasteiger partial charge in [0.05, 0.1) is 16.9 Å². The van der Waals surface area contributed by atoms with E-state index < -0.39 is 0 Å². The number of thiophene rings is 1. The average molecular weight is 391 g/mol. The maximum absolute atomic E-state index is 12.5. The molecular weight excluding hydrogens is 368 g/mol. The molecule has 2 aromatic rings. The Bertz CT molecular complexity index is 745. The van der Waals surface area contributed by atoms with Crippen molar-refractivity contribution in [1.29, 1.82) is 0 Å². The van der Waals surface area contributed by atoms with E-state index in [4.69, 9.17) is 11.6 Å². The molecule has 6 heteroatoms. The lowest BCUT2D eigenvalue weighted by atomic mass is 10.1. The van der Waals surface area contributed by atoms with Crippen molar-refractivity contribution in [2.24, 2.45) is 0 Å². The molecule has 1 heterocycles. The topological polar surface area (TPSA) is 49.4 Å². The van der Waals surface area contributed by atoms with Crippen molar-refractivity contribution in [3.8, 4) is 0 Å². The maximum atomic E-state index is 12.5. The van der Waals surface area contributed by atoms with E-state index in [0.717, 1.165) is 10.4 Å². The van der Waals surface area contributed by atoms with Crippen LogP contribution in [0.15, 0.2) is 55.1 Å². The predicted molar refractivity (Wildman–Crippen MR) is 107 cm³/mol. The Labute approximate surface area is 163 Å². The summed E-state index contributed by atoms with van der Waals surface area (Å²) in [6.45, 7) is 6.55. The first-order valence-corrected chi connectivity index (χ1v) is 9.66. The number of rotatable bonds is 9. The van der Waals surface area contributed by atoms with Crippen LogP contribution in [0.1, 0.15) is 36.2 Å². The van der Waals surface area contributed by atoms with Crippen LogP contribution in [0.25, 0.3) is 0 Å². The SMILES string of the molecule is C=CCN(Cc1ccc(Cl)s1)C(=O)CCC(=O)N[C@H](C)c1ccccc1. The van der Waals surface area contributed by atoms with Gasteiger partial charge in [-0.05, 0) is 24.6 Å². The first-order chi connectivity index (χ1) is 12.5. The van der Waals surface area contributed by atoms with Crippen LogP contribution >= 0.6 is 22.9 Å². The van der Waals surface area contributed by atoms with Gasteiger partial charge < -0.3 is 10.2 Å². The van der Waals surface area contributed by atoms with Gasteiger partial charge in [0.25, 0.3) is 0 Å². The summed E-state index contributed by atoms with van der Waals surface area (Å²) in [6.07, 6.45) is 2.01. The molecule has 2 rings (SSSR count). The smallest absolute Gasteiger partial charge is 0.223 e. The van der Waals surface area contributed by atoms with E-state index in [2.05, 4.69) is 11.9 Å². The molecule has 1 N–H and O–H groups in total. The minimum atomic E-state index is -0.132. The third kappa shape index (κ3) is 6.32. The fraction of sp³-hybridized carbons (Fsp3) is 0.300. The lowest BCUT2D eigenvalue weighted by molar-refractivity contribution is -0.133. The van der Waals surface area contributed by atoms with Crippen LogP contribution in [0.2, 0.25) is 4.34 Å². The fourth-order valence-corrected chi connectivity index (χ4v) is 3.66. The van der Waals surface area contributed by atoms with Crippen LogP contribution in [-0.2, 0) is 16.1 Å². The van der Waals surface area contributed by atoms with Crippen LogP contribution in [0, 0.1) is 0 Å². The third-order valence-electron chi connectivity index (χ3n) is 3.92. The van der Waals surface area contributed by atoms with Crippen molar-refractivity contribution in [2.45, 2.75) is 32.4 Å². The van der Waals surface area contributed by atoms with Crippen LogP contribution in [0.3, 0.4) is 0 Å². The van der Waals surface area contributed by atoms with E-state index in [1.165, 1.54) is 11.3 Å². The van der Waals surface area contributed by atoms with E-state index in [1.807, 2.05) is 49.4 Å². The Balaban J connectivity index is 1.84. The number of hydrogen-bond donors (Lipinski definition) is 1. The zero-order valence-corrected chi connectivity index (χ0v) is 16.4. The molecule has 1 aromatic heterocycles. The lowest BCUT2D eigenvalue weighted by Crippen LogP contribution is -2.32. The first kappa shape index (κ1) is 20.2. The number of carbonyl (C=O) groups is 2. The highest BCUT2D eigenvalue weighted by Gasteiger charge is 2.16. The standard InChI is InChI=1S/C20H23ClN2O2S/c1-3-13-23(14-17-9-10-18(21)26-17)20(25)12-11-19(24)22-15(2)16-7-5-4-6-8-16/h3-10,15H,1,11-14H2,2H3,(H,22,24)/t15-/m1/s1. The van der Waals surface area contributed by atoms with Crippen LogP contribution in [0.4, 0.5) is 0 Å². The zero-order chi connectivity index (χ0) is 18.9. The van der Waals surface area contributed by atoms with Gasteiger partial charge in [-0.1, -0.05) is 48.0 Å². The summed E-state index contributed by atoms with van der Waals surface area (Å²) >= 11 is 7.39. The highest BCUT2D eigenvalue weighted by atomic mass is 35.5. The molecule has 138 valence electrons. The summed E-state index contributed by atoms with van der Waals surface area (Å²) in [5.74, 6) is -0.204. The second-order valence-electron chi connectivity index (χ2n) is 5.97. The van der Waals surface area contributed by atoms with Gasteiger partial charge in [0.15, 0.2) is 0 Å². The third-order valence-corrected chi connectivity index (χ3v) is 5.14. The molecule has 1 atom stereocenters. The molecule has 4 nitrogen and oxygen atoms in total. The fourth-order valence-electron chi connectivity index (χ4n) is 2.55. The van der Waals surface area contributed by atoms with Crippen molar-refractivity contribution in [3.63, 3.8) is 0 Å². The second kappa shape index (κ2) is 10.1. The molecule has 0 fully saturated rings. The number of halogens is 1.